The van der Waals surface area contributed by atoms with Crippen LogP contribution >= 0.6 is 15.9 Å². The maximum absolute atomic E-state index is 10.6. The molecule has 0 saturated carbocycles. The van der Waals surface area contributed by atoms with Gasteiger partial charge in [-0.25, -0.2) is 0 Å². The van der Waals surface area contributed by atoms with Gasteiger partial charge in [-0.05, 0) is 40.5 Å². The Morgan fingerprint density at radius 3 is 2.78 bits per heavy atom. The highest BCUT2D eigenvalue weighted by atomic mass is 79.9. The van der Waals surface area contributed by atoms with Crippen molar-refractivity contribution in [3.63, 3.8) is 0 Å². The maximum Gasteiger partial charge on any atom is 0.269 e. The Morgan fingerprint density at radius 2 is 2.22 bits per heavy atom. The summed E-state index contributed by atoms with van der Waals surface area (Å²) in [4.78, 5) is 10.2. The van der Waals surface area contributed by atoms with E-state index in [4.69, 9.17) is 4.42 Å². The third-order valence-corrected chi connectivity index (χ3v) is 3.26. The van der Waals surface area contributed by atoms with Gasteiger partial charge in [0.25, 0.3) is 5.69 Å². The molecule has 0 unspecified atom stereocenters. The van der Waals surface area contributed by atoms with Crippen molar-refractivity contribution in [1.82, 2.24) is 0 Å². The normalized spacial score (nSPS) is 10.3. The van der Waals surface area contributed by atoms with E-state index in [0.29, 0.717) is 6.54 Å². The fourth-order valence-corrected chi connectivity index (χ4v) is 1.93. The average molecular weight is 311 g/mol. The van der Waals surface area contributed by atoms with Crippen LogP contribution in [0.2, 0.25) is 0 Å². The summed E-state index contributed by atoms with van der Waals surface area (Å²) in [6.45, 7) is 2.35. The van der Waals surface area contributed by atoms with Gasteiger partial charge < -0.3 is 9.73 Å². The van der Waals surface area contributed by atoms with E-state index in [1.807, 2.05) is 13.0 Å². The molecule has 2 aromatic rings. The summed E-state index contributed by atoms with van der Waals surface area (Å²) in [7, 11) is 0. The summed E-state index contributed by atoms with van der Waals surface area (Å²) in [5.74, 6) is 0.785. The highest BCUT2D eigenvalue weighted by Crippen LogP contribution is 2.23. The van der Waals surface area contributed by atoms with Crippen LogP contribution in [-0.2, 0) is 6.54 Å². The molecule has 0 saturated heterocycles. The van der Waals surface area contributed by atoms with Crippen molar-refractivity contribution < 1.29 is 9.34 Å². The molecule has 1 aromatic heterocycles. The molecule has 1 N–H and O–H groups in total. The van der Waals surface area contributed by atoms with Crippen LogP contribution in [0, 0.1) is 17.0 Å². The molecule has 0 amide bonds. The van der Waals surface area contributed by atoms with Gasteiger partial charge in [-0.3, -0.25) is 10.1 Å². The van der Waals surface area contributed by atoms with Crippen LogP contribution in [0.15, 0.2) is 39.4 Å². The number of benzene rings is 1. The molecule has 5 nitrogen and oxygen atoms in total. The number of hydrogen-bond donors (Lipinski definition) is 1. The first kappa shape index (κ1) is 12.6. The van der Waals surface area contributed by atoms with Gasteiger partial charge in [0.2, 0.25) is 0 Å². The summed E-state index contributed by atoms with van der Waals surface area (Å²) in [6, 6.07) is 6.54. The van der Waals surface area contributed by atoms with Crippen molar-refractivity contribution in [2.24, 2.45) is 0 Å². The lowest BCUT2D eigenvalue weighted by Crippen LogP contribution is -2.01. The van der Waals surface area contributed by atoms with E-state index >= 15 is 0 Å². The van der Waals surface area contributed by atoms with E-state index in [0.717, 1.165) is 21.5 Å². The van der Waals surface area contributed by atoms with E-state index < -0.39 is 4.92 Å². The number of nitro groups is 1. The van der Waals surface area contributed by atoms with Crippen molar-refractivity contribution in [2.45, 2.75) is 13.5 Å². The minimum absolute atomic E-state index is 0.0947. The zero-order chi connectivity index (χ0) is 13.1. The van der Waals surface area contributed by atoms with Gasteiger partial charge in [0.05, 0.1) is 22.2 Å². The van der Waals surface area contributed by atoms with Crippen LogP contribution in [0.5, 0.6) is 0 Å². The van der Waals surface area contributed by atoms with Gasteiger partial charge in [-0.15, -0.1) is 0 Å². The molecular formula is C12H11BrN2O3. The number of rotatable bonds is 4. The highest BCUT2D eigenvalue weighted by Gasteiger charge is 2.09. The predicted octanol–water partition coefficient (Wildman–Crippen LogP) is 3.87. The van der Waals surface area contributed by atoms with Crippen LogP contribution in [0.4, 0.5) is 11.4 Å². The first-order valence-electron chi connectivity index (χ1n) is 5.28. The lowest BCUT2D eigenvalue weighted by atomic mass is 10.2. The van der Waals surface area contributed by atoms with Gasteiger partial charge in [0.15, 0.2) is 0 Å². The van der Waals surface area contributed by atoms with Crippen LogP contribution < -0.4 is 5.32 Å². The minimum Gasteiger partial charge on any atom is -0.466 e. The van der Waals surface area contributed by atoms with Crippen molar-refractivity contribution in [3.05, 3.63) is 56.4 Å². The number of hydrogen-bond acceptors (Lipinski definition) is 4. The van der Waals surface area contributed by atoms with Crippen LogP contribution in [0.3, 0.4) is 0 Å². The second-order valence-corrected chi connectivity index (χ2v) is 4.66. The summed E-state index contributed by atoms with van der Waals surface area (Å²) in [6.07, 6.45) is 1.60. The number of furan rings is 1. The number of non-ortho nitro benzene ring substituents is 1. The molecular weight excluding hydrogens is 300 g/mol. The molecule has 0 fully saturated rings. The van der Waals surface area contributed by atoms with Gasteiger partial charge >= 0.3 is 0 Å². The number of anilines is 1. The first-order chi connectivity index (χ1) is 8.58. The third kappa shape index (κ3) is 2.70. The van der Waals surface area contributed by atoms with E-state index in [1.165, 1.54) is 6.07 Å². The van der Waals surface area contributed by atoms with E-state index in [2.05, 4.69) is 21.2 Å². The Morgan fingerprint density at radius 1 is 1.44 bits per heavy atom. The SMILES string of the molecule is Cc1cc([N+](=O)[O-])ccc1NCc1occc1Br. The van der Waals surface area contributed by atoms with Gasteiger partial charge in [0, 0.05) is 17.8 Å². The molecule has 94 valence electrons. The Bertz CT molecular complexity index is 580. The fourth-order valence-electron chi connectivity index (χ4n) is 1.59. The summed E-state index contributed by atoms with van der Waals surface area (Å²) < 4.78 is 6.17. The Kier molecular flexibility index (Phi) is 3.66. The number of halogens is 1. The smallest absolute Gasteiger partial charge is 0.269 e. The molecule has 0 atom stereocenters. The number of nitro benzene ring substituents is 1. The molecule has 6 heteroatoms. The van der Waals surface area contributed by atoms with Crippen molar-refractivity contribution in [2.75, 3.05) is 5.32 Å². The number of nitrogens with zero attached hydrogens (tertiary/aromatic N) is 1. The first-order valence-corrected chi connectivity index (χ1v) is 6.08. The Hall–Kier alpha value is -1.82. The molecule has 0 bridgehead atoms. The molecule has 0 aliphatic heterocycles. The topological polar surface area (TPSA) is 68.3 Å². The van der Waals surface area contributed by atoms with Crippen LogP contribution in [0.1, 0.15) is 11.3 Å². The van der Waals surface area contributed by atoms with Crippen molar-refractivity contribution in [3.8, 4) is 0 Å². The average Bonchev–Trinajstić information content (AvgIpc) is 2.73. The third-order valence-electron chi connectivity index (χ3n) is 2.55. The lowest BCUT2D eigenvalue weighted by molar-refractivity contribution is -0.384. The molecule has 18 heavy (non-hydrogen) atoms. The molecule has 0 spiro atoms. The molecule has 1 aromatic carbocycles. The lowest BCUT2D eigenvalue weighted by Gasteiger charge is -2.08. The predicted molar refractivity (Wildman–Crippen MR) is 71.6 cm³/mol. The summed E-state index contributed by atoms with van der Waals surface area (Å²) >= 11 is 3.37. The fraction of sp³-hybridized carbons (Fsp3) is 0.167. The highest BCUT2D eigenvalue weighted by molar-refractivity contribution is 9.10. The Labute approximate surface area is 112 Å². The second-order valence-electron chi connectivity index (χ2n) is 3.80. The zero-order valence-electron chi connectivity index (χ0n) is 9.64. The van der Waals surface area contributed by atoms with E-state index in [-0.39, 0.29) is 5.69 Å². The number of nitrogens with one attached hydrogen (secondary N) is 1. The minimum atomic E-state index is -0.403. The van der Waals surface area contributed by atoms with Crippen LogP contribution in [0.25, 0.3) is 0 Å². The van der Waals surface area contributed by atoms with Gasteiger partial charge in [-0.1, -0.05) is 0 Å². The quantitative estimate of drug-likeness (QED) is 0.687. The molecule has 1 heterocycles. The standard InChI is InChI=1S/C12H11BrN2O3/c1-8-6-9(15(16)17)2-3-11(8)14-7-12-10(13)4-5-18-12/h2-6,14H,7H2,1H3. The maximum atomic E-state index is 10.6. The van der Waals surface area contributed by atoms with Crippen molar-refractivity contribution >= 4 is 27.3 Å². The largest absolute Gasteiger partial charge is 0.466 e. The van der Waals surface area contributed by atoms with E-state index in [9.17, 15) is 10.1 Å². The molecule has 0 radical (unpaired) electrons. The summed E-state index contributed by atoms with van der Waals surface area (Å²) in [5.41, 5.74) is 1.77. The number of aryl methyl sites for hydroxylation is 1. The molecule has 2 rings (SSSR count). The second kappa shape index (κ2) is 5.22. The molecule has 0 aliphatic rings. The van der Waals surface area contributed by atoms with Crippen molar-refractivity contribution in [1.29, 1.82) is 0 Å². The zero-order valence-corrected chi connectivity index (χ0v) is 11.2. The molecule has 0 aliphatic carbocycles. The Balaban J connectivity index is 2.11. The van der Waals surface area contributed by atoms with Gasteiger partial charge in [-0.2, -0.15) is 0 Å². The van der Waals surface area contributed by atoms with Crippen LogP contribution in [-0.4, -0.2) is 4.92 Å². The van der Waals surface area contributed by atoms with Gasteiger partial charge in [0.1, 0.15) is 5.76 Å². The summed E-state index contributed by atoms with van der Waals surface area (Å²) in [5, 5.41) is 13.8. The van der Waals surface area contributed by atoms with E-state index in [1.54, 1.807) is 18.4 Å². The monoisotopic (exact) mass is 310 g/mol.